The fourth-order valence-electron chi connectivity index (χ4n) is 5.40. The minimum absolute atomic E-state index is 0.0619. The minimum Gasteiger partial charge on any atom is -0.493 e. The lowest BCUT2D eigenvalue weighted by molar-refractivity contribution is -0.140. The van der Waals surface area contributed by atoms with E-state index in [-0.39, 0.29) is 31.3 Å². The zero-order chi connectivity index (χ0) is 28.1. The van der Waals surface area contributed by atoms with Crippen LogP contribution in [0.5, 0.6) is 23.0 Å². The first-order chi connectivity index (χ1) is 18.9. The molecular weight excluding hydrogens is 502 g/mol. The van der Waals surface area contributed by atoms with Crippen LogP contribution in [-0.4, -0.2) is 60.5 Å². The number of methoxy groups -OCH3 is 5. The van der Waals surface area contributed by atoms with Gasteiger partial charge in [-0.2, -0.15) is 0 Å². The number of hydrogen-bond acceptors (Lipinski definition) is 9. The van der Waals surface area contributed by atoms with Crippen LogP contribution in [0.4, 0.5) is 0 Å². The number of dihydropyridines is 1. The third-order valence-corrected chi connectivity index (χ3v) is 7.19. The van der Waals surface area contributed by atoms with Gasteiger partial charge in [0.15, 0.2) is 28.8 Å². The van der Waals surface area contributed by atoms with Gasteiger partial charge in [0.1, 0.15) is 6.61 Å². The zero-order valence-electron chi connectivity index (χ0n) is 23.2. The van der Waals surface area contributed by atoms with Crippen LogP contribution in [0.15, 0.2) is 58.9 Å². The van der Waals surface area contributed by atoms with Crippen molar-refractivity contribution in [2.45, 2.75) is 31.6 Å². The molecular formula is C30H35NO8. The van der Waals surface area contributed by atoms with E-state index in [4.69, 9.17) is 28.4 Å². The lowest BCUT2D eigenvalue weighted by Gasteiger charge is -2.37. The van der Waals surface area contributed by atoms with Crippen LogP contribution in [0.2, 0.25) is 0 Å². The molecule has 39 heavy (non-hydrogen) atoms. The van der Waals surface area contributed by atoms with Gasteiger partial charge in [0, 0.05) is 36.1 Å². The second kappa shape index (κ2) is 12.3. The number of Topliss-reactive ketones (excluding diaryl/α,β-unsaturated/α-hetero) is 1. The Bertz CT molecular complexity index is 1310. The Morgan fingerprint density at radius 2 is 1.64 bits per heavy atom. The molecule has 2 atom stereocenters. The summed E-state index contributed by atoms with van der Waals surface area (Å²) >= 11 is 0. The molecule has 0 unspecified atom stereocenters. The molecule has 0 fully saturated rings. The number of allylic oxidation sites excluding steroid dienone is 3. The summed E-state index contributed by atoms with van der Waals surface area (Å²) in [6, 6.07) is 11.2. The molecule has 208 valence electrons. The zero-order valence-corrected chi connectivity index (χ0v) is 23.2. The number of carbonyl (C=O) groups excluding carboxylic acids is 2. The fraction of sp³-hybridized carbons (Fsp3) is 0.400. The van der Waals surface area contributed by atoms with Crippen LogP contribution in [-0.2, 0) is 19.1 Å². The van der Waals surface area contributed by atoms with E-state index in [0.29, 0.717) is 51.8 Å². The molecule has 0 aromatic heterocycles. The lowest BCUT2D eigenvalue weighted by atomic mass is 9.71. The number of nitrogens with one attached hydrogen (secondary N) is 1. The Morgan fingerprint density at radius 1 is 0.897 bits per heavy atom. The topological polar surface area (TPSA) is 102 Å². The predicted molar refractivity (Wildman–Crippen MR) is 145 cm³/mol. The first-order valence-corrected chi connectivity index (χ1v) is 12.7. The molecule has 0 radical (unpaired) electrons. The Morgan fingerprint density at radius 3 is 2.31 bits per heavy atom. The molecule has 2 aromatic rings. The summed E-state index contributed by atoms with van der Waals surface area (Å²) in [5.41, 5.74) is 3.90. The Balaban J connectivity index is 1.81. The van der Waals surface area contributed by atoms with Gasteiger partial charge in [-0.15, -0.1) is 0 Å². The largest absolute Gasteiger partial charge is 0.493 e. The van der Waals surface area contributed by atoms with Crippen molar-refractivity contribution in [2.24, 2.45) is 0 Å². The average molecular weight is 538 g/mol. The summed E-state index contributed by atoms with van der Waals surface area (Å²) in [6.07, 6.45) is 0.840. The first-order valence-electron chi connectivity index (χ1n) is 12.7. The highest BCUT2D eigenvalue weighted by Gasteiger charge is 2.43. The van der Waals surface area contributed by atoms with Gasteiger partial charge in [0.25, 0.3) is 0 Å². The number of rotatable bonds is 10. The Hall–Kier alpha value is -3.98. The van der Waals surface area contributed by atoms with Gasteiger partial charge >= 0.3 is 5.97 Å². The van der Waals surface area contributed by atoms with Crippen molar-refractivity contribution in [2.75, 3.05) is 48.8 Å². The highest BCUT2D eigenvalue weighted by molar-refractivity contribution is 6.04. The van der Waals surface area contributed by atoms with E-state index in [9.17, 15) is 9.59 Å². The van der Waals surface area contributed by atoms with Gasteiger partial charge in [-0.3, -0.25) is 4.79 Å². The maximum atomic E-state index is 13.9. The van der Waals surface area contributed by atoms with Crippen molar-refractivity contribution in [3.05, 3.63) is 70.1 Å². The van der Waals surface area contributed by atoms with Crippen molar-refractivity contribution in [1.29, 1.82) is 0 Å². The van der Waals surface area contributed by atoms with Crippen LogP contribution < -0.4 is 24.3 Å². The van der Waals surface area contributed by atoms with E-state index in [0.717, 1.165) is 11.3 Å². The minimum atomic E-state index is -0.694. The molecule has 0 bridgehead atoms. The van der Waals surface area contributed by atoms with Crippen molar-refractivity contribution < 1.29 is 38.0 Å². The molecule has 0 amide bonds. The highest BCUT2D eigenvalue weighted by Crippen LogP contribution is 2.49. The second-order valence-electron chi connectivity index (χ2n) is 9.34. The second-order valence-corrected chi connectivity index (χ2v) is 9.34. The molecule has 2 aliphatic rings. The normalized spacial score (nSPS) is 18.8. The molecule has 1 N–H and O–H groups in total. The van der Waals surface area contributed by atoms with Gasteiger partial charge in [-0.1, -0.05) is 18.2 Å². The lowest BCUT2D eigenvalue weighted by Crippen LogP contribution is -2.36. The highest BCUT2D eigenvalue weighted by atomic mass is 16.6. The summed E-state index contributed by atoms with van der Waals surface area (Å²) in [4.78, 5) is 27.4. The summed E-state index contributed by atoms with van der Waals surface area (Å²) in [7, 11) is 7.81. The van der Waals surface area contributed by atoms with E-state index in [1.54, 1.807) is 34.5 Å². The fourth-order valence-corrected chi connectivity index (χ4v) is 5.40. The van der Waals surface area contributed by atoms with Crippen molar-refractivity contribution >= 4 is 11.8 Å². The molecule has 0 spiro atoms. The molecule has 9 nitrogen and oxygen atoms in total. The van der Waals surface area contributed by atoms with Crippen LogP contribution >= 0.6 is 0 Å². The third-order valence-electron chi connectivity index (χ3n) is 7.19. The number of para-hydroxylation sites is 1. The van der Waals surface area contributed by atoms with E-state index in [2.05, 4.69) is 5.32 Å². The third kappa shape index (κ3) is 5.45. The van der Waals surface area contributed by atoms with Gasteiger partial charge in [-0.05, 0) is 43.0 Å². The number of ether oxygens (including phenoxy) is 6. The Kier molecular flexibility index (Phi) is 8.81. The average Bonchev–Trinajstić information content (AvgIpc) is 2.95. The van der Waals surface area contributed by atoms with Crippen LogP contribution in [0.25, 0.3) is 0 Å². The Labute approximate surface area is 228 Å². The van der Waals surface area contributed by atoms with E-state index >= 15 is 0 Å². The predicted octanol–water partition coefficient (Wildman–Crippen LogP) is 4.27. The summed E-state index contributed by atoms with van der Waals surface area (Å²) in [5.74, 6) is 0.839. The standard InChI is InChI=1S/C30H35NO8/c1-17-26(30(33)39-13-12-34-2)27(20-8-7-9-24(36-4)29(20)38-6)28-21(31-17)14-19(15-22(28)32)18-10-11-23(35-3)25(16-18)37-5/h7-11,16,19,27,31H,12-15H2,1-6H3/t19-,27-/m1/s1. The molecule has 0 saturated heterocycles. The summed E-state index contributed by atoms with van der Waals surface area (Å²) in [5, 5.41) is 3.37. The SMILES string of the molecule is COCCOC(=O)C1=C(C)NC2=C(C(=O)C[C@H](c3ccc(OC)c(OC)c3)C2)[C@@H]1c1cccc(OC)c1OC. The monoisotopic (exact) mass is 537 g/mol. The van der Waals surface area contributed by atoms with Crippen LogP contribution in [0.1, 0.15) is 42.7 Å². The van der Waals surface area contributed by atoms with E-state index in [1.807, 2.05) is 37.3 Å². The first kappa shape index (κ1) is 28.0. The van der Waals surface area contributed by atoms with Gasteiger partial charge < -0.3 is 33.7 Å². The maximum Gasteiger partial charge on any atom is 0.336 e. The van der Waals surface area contributed by atoms with Crippen LogP contribution in [0.3, 0.4) is 0 Å². The smallest absolute Gasteiger partial charge is 0.336 e. The van der Waals surface area contributed by atoms with Gasteiger partial charge in [0.2, 0.25) is 0 Å². The molecule has 4 rings (SSSR count). The summed E-state index contributed by atoms with van der Waals surface area (Å²) in [6.45, 7) is 2.18. The quantitative estimate of drug-likeness (QED) is 0.352. The number of esters is 1. The molecule has 1 aliphatic heterocycles. The van der Waals surface area contributed by atoms with Crippen molar-refractivity contribution in [3.63, 3.8) is 0 Å². The van der Waals surface area contributed by atoms with Crippen LogP contribution in [0, 0.1) is 0 Å². The van der Waals surface area contributed by atoms with E-state index < -0.39 is 11.9 Å². The molecule has 2 aromatic carbocycles. The number of hydrogen-bond donors (Lipinski definition) is 1. The van der Waals surface area contributed by atoms with Gasteiger partial charge in [0.05, 0.1) is 46.5 Å². The maximum absolute atomic E-state index is 13.9. The number of carbonyl (C=O) groups is 2. The number of benzene rings is 2. The number of ketones is 1. The molecule has 1 heterocycles. The molecule has 1 aliphatic carbocycles. The van der Waals surface area contributed by atoms with Gasteiger partial charge in [-0.25, -0.2) is 4.79 Å². The molecule has 9 heteroatoms. The summed E-state index contributed by atoms with van der Waals surface area (Å²) < 4.78 is 32.7. The van der Waals surface area contributed by atoms with Crippen molar-refractivity contribution in [1.82, 2.24) is 5.32 Å². The van der Waals surface area contributed by atoms with Crippen molar-refractivity contribution in [3.8, 4) is 23.0 Å². The van der Waals surface area contributed by atoms with E-state index in [1.165, 1.54) is 7.11 Å². The molecule has 0 saturated carbocycles.